The lowest BCUT2D eigenvalue weighted by atomic mass is 10.4. The number of hydrogen-bond acceptors (Lipinski definition) is 3. The predicted octanol–water partition coefficient (Wildman–Crippen LogP) is 0.744. The van der Waals surface area contributed by atoms with Crippen LogP contribution in [0.1, 0.15) is 19.0 Å². The Hall–Kier alpha value is -1.10. The first-order valence-electron chi connectivity index (χ1n) is 4.56. The monoisotopic (exact) mass is 214 g/mol. The molecule has 0 radical (unpaired) electrons. The highest BCUT2D eigenvalue weighted by atomic mass is 32.1. The van der Waals surface area contributed by atoms with E-state index in [1.165, 1.54) is 11.3 Å². The van der Waals surface area contributed by atoms with E-state index in [2.05, 4.69) is 5.32 Å². The molecule has 1 aromatic rings. The largest absolute Gasteiger partial charge is 0.356 e. The van der Waals surface area contributed by atoms with Crippen molar-refractivity contribution < 1.29 is 4.79 Å². The van der Waals surface area contributed by atoms with Crippen LogP contribution in [0.4, 0.5) is 0 Å². The van der Waals surface area contributed by atoms with Crippen molar-refractivity contribution in [3.63, 3.8) is 0 Å². The van der Waals surface area contributed by atoms with Crippen molar-refractivity contribution >= 4 is 17.2 Å². The van der Waals surface area contributed by atoms with Gasteiger partial charge in [0, 0.05) is 30.6 Å². The van der Waals surface area contributed by atoms with Crippen LogP contribution >= 0.6 is 11.3 Å². The Morgan fingerprint density at radius 1 is 1.64 bits per heavy atom. The summed E-state index contributed by atoms with van der Waals surface area (Å²) >= 11 is 1.17. The molecule has 0 saturated heterocycles. The van der Waals surface area contributed by atoms with E-state index in [0.29, 0.717) is 19.5 Å². The lowest BCUT2D eigenvalue weighted by Crippen LogP contribution is -2.25. The topological polar surface area (TPSA) is 51.1 Å². The highest BCUT2D eigenvalue weighted by molar-refractivity contribution is 7.07. The lowest BCUT2D eigenvalue weighted by molar-refractivity contribution is -0.121. The van der Waals surface area contributed by atoms with Crippen LogP contribution in [0.25, 0.3) is 0 Å². The minimum atomic E-state index is -0.00926. The molecule has 78 valence electrons. The van der Waals surface area contributed by atoms with Crippen LogP contribution in [-0.2, 0) is 11.3 Å². The molecule has 0 saturated carbocycles. The molecule has 0 aliphatic rings. The van der Waals surface area contributed by atoms with Gasteiger partial charge in [-0.3, -0.25) is 9.59 Å². The number of hydrogen-bond donors (Lipinski definition) is 1. The molecule has 0 spiro atoms. The van der Waals surface area contributed by atoms with Gasteiger partial charge in [0.15, 0.2) is 0 Å². The van der Waals surface area contributed by atoms with Crippen LogP contribution < -0.4 is 10.2 Å². The van der Waals surface area contributed by atoms with Crippen molar-refractivity contribution in [2.75, 3.05) is 6.54 Å². The van der Waals surface area contributed by atoms with Crippen molar-refractivity contribution in [3.8, 4) is 0 Å². The summed E-state index contributed by atoms with van der Waals surface area (Å²) in [6.45, 7) is 4.85. The second-order valence-electron chi connectivity index (χ2n) is 3.00. The molecule has 0 fully saturated rings. The molecule has 0 aliphatic heterocycles. The molecule has 4 nitrogen and oxygen atoms in total. The van der Waals surface area contributed by atoms with Crippen molar-refractivity contribution in [3.05, 3.63) is 20.7 Å². The molecule has 1 heterocycles. The van der Waals surface area contributed by atoms with Gasteiger partial charge in [-0.2, -0.15) is 0 Å². The molecule has 1 amide bonds. The van der Waals surface area contributed by atoms with Crippen molar-refractivity contribution in [1.29, 1.82) is 0 Å². The normalized spacial score (nSPS) is 10.1. The summed E-state index contributed by atoms with van der Waals surface area (Å²) in [5.41, 5.74) is 0.921. The highest BCUT2D eigenvalue weighted by Crippen LogP contribution is 2.00. The molecule has 1 aromatic heterocycles. The molecule has 0 atom stereocenters. The summed E-state index contributed by atoms with van der Waals surface area (Å²) < 4.78 is 1.62. The minimum absolute atomic E-state index is 0.00629. The maximum atomic E-state index is 11.3. The maximum absolute atomic E-state index is 11.3. The summed E-state index contributed by atoms with van der Waals surface area (Å²) in [6, 6.07) is 0. The molecule has 0 aromatic carbocycles. The van der Waals surface area contributed by atoms with Gasteiger partial charge in [0.1, 0.15) is 0 Å². The zero-order valence-corrected chi connectivity index (χ0v) is 9.19. The summed E-state index contributed by atoms with van der Waals surface area (Å²) in [4.78, 5) is 22.4. The van der Waals surface area contributed by atoms with E-state index < -0.39 is 0 Å². The molecule has 1 rings (SSSR count). The molecule has 14 heavy (non-hydrogen) atoms. The van der Waals surface area contributed by atoms with Gasteiger partial charge in [0.2, 0.25) is 5.91 Å². The molecule has 0 aliphatic carbocycles. The number of carbonyl (C=O) groups excluding carboxylic acids is 1. The van der Waals surface area contributed by atoms with Crippen LogP contribution in [0.5, 0.6) is 0 Å². The minimum Gasteiger partial charge on any atom is -0.356 e. The Balaban J connectivity index is 2.53. The fourth-order valence-corrected chi connectivity index (χ4v) is 1.93. The third kappa shape index (κ3) is 2.70. The first kappa shape index (κ1) is 11.0. The summed E-state index contributed by atoms with van der Waals surface area (Å²) in [5.74, 6) is -0.00926. The smallest absolute Gasteiger partial charge is 0.307 e. The van der Waals surface area contributed by atoms with Crippen molar-refractivity contribution in [2.24, 2.45) is 0 Å². The van der Waals surface area contributed by atoms with E-state index >= 15 is 0 Å². The Morgan fingerprint density at radius 2 is 2.36 bits per heavy atom. The van der Waals surface area contributed by atoms with Gasteiger partial charge in [-0.1, -0.05) is 11.3 Å². The number of aromatic nitrogens is 1. The average Bonchev–Trinajstić information content (AvgIpc) is 2.44. The van der Waals surface area contributed by atoms with Gasteiger partial charge in [-0.15, -0.1) is 0 Å². The Morgan fingerprint density at radius 3 is 2.86 bits per heavy atom. The van der Waals surface area contributed by atoms with E-state index in [0.717, 1.165) is 5.69 Å². The fraction of sp³-hybridized carbons (Fsp3) is 0.556. The molecule has 1 N–H and O–H groups in total. The van der Waals surface area contributed by atoms with Gasteiger partial charge >= 0.3 is 4.87 Å². The number of aryl methyl sites for hydroxylation is 1. The van der Waals surface area contributed by atoms with Crippen molar-refractivity contribution in [1.82, 2.24) is 9.88 Å². The SMILES string of the molecule is CCNC(=O)CCn1c(C)csc1=O. The zero-order chi connectivity index (χ0) is 10.6. The van der Waals surface area contributed by atoms with E-state index in [4.69, 9.17) is 0 Å². The van der Waals surface area contributed by atoms with Crippen LogP contribution in [0.3, 0.4) is 0 Å². The molecular weight excluding hydrogens is 200 g/mol. The van der Waals surface area contributed by atoms with Gasteiger partial charge in [0.05, 0.1) is 0 Å². The molecular formula is C9H14N2O2S. The van der Waals surface area contributed by atoms with Gasteiger partial charge < -0.3 is 9.88 Å². The highest BCUT2D eigenvalue weighted by Gasteiger charge is 2.04. The van der Waals surface area contributed by atoms with Gasteiger partial charge in [-0.25, -0.2) is 0 Å². The summed E-state index contributed by atoms with van der Waals surface area (Å²) in [6.07, 6.45) is 0.366. The number of rotatable bonds is 4. The Kier molecular flexibility index (Phi) is 3.88. The van der Waals surface area contributed by atoms with Crippen LogP contribution in [-0.4, -0.2) is 17.0 Å². The van der Waals surface area contributed by atoms with Crippen LogP contribution in [0, 0.1) is 6.92 Å². The molecule has 0 bridgehead atoms. The van der Waals surface area contributed by atoms with Crippen LogP contribution in [0.2, 0.25) is 0 Å². The third-order valence-corrected chi connectivity index (χ3v) is 2.79. The number of nitrogens with one attached hydrogen (secondary N) is 1. The molecule has 0 unspecified atom stereocenters. The molecule has 5 heteroatoms. The first-order valence-corrected chi connectivity index (χ1v) is 5.44. The summed E-state index contributed by atoms with van der Waals surface area (Å²) in [7, 11) is 0. The third-order valence-electron chi connectivity index (χ3n) is 1.91. The van der Waals surface area contributed by atoms with E-state index in [-0.39, 0.29) is 10.8 Å². The van der Waals surface area contributed by atoms with Crippen molar-refractivity contribution in [2.45, 2.75) is 26.8 Å². The number of amides is 1. The zero-order valence-electron chi connectivity index (χ0n) is 8.37. The predicted molar refractivity (Wildman–Crippen MR) is 56.6 cm³/mol. The lowest BCUT2D eigenvalue weighted by Gasteiger charge is -2.04. The fourth-order valence-electron chi connectivity index (χ4n) is 1.17. The average molecular weight is 214 g/mol. The van der Waals surface area contributed by atoms with E-state index in [1.54, 1.807) is 9.95 Å². The van der Waals surface area contributed by atoms with Crippen LogP contribution in [0.15, 0.2) is 10.2 Å². The quantitative estimate of drug-likeness (QED) is 0.804. The van der Waals surface area contributed by atoms with Gasteiger partial charge in [-0.05, 0) is 13.8 Å². The first-order chi connectivity index (χ1) is 6.65. The second-order valence-corrected chi connectivity index (χ2v) is 3.82. The Bertz CT molecular complexity index is 367. The summed E-state index contributed by atoms with van der Waals surface area (Å²) in [5, 5.41) is 4.50. The number of nitrogens with zero attached hydrogens (tertiary/aromatic N) is 1. The van der Waals surface area contributed by atoms with E-state index in [9.17, 15) is 9.59 Å². The van der Waals surface area contributed by atoms with E-state index in [1.807, 2.05) is 13.8 Å². The Labute approximate surface area is 86.6 Å². The second kappa shape index (κ2) is 4.95. The number of carbonyl (C=O) groups is 1. The number of thiazole rings is 1. The standard InChI is InChI=1S/C9H14N2O2S/c1-3-10-8(12)4-5-11-7(2)6-14-9(11)13/h6H,3-5H2,1-2H3,(H,10,12). The van der Waals surface area contributed by atoms with Gasteiger partial charge in [0.25, 0.3) is 0 Å². The maximum Gasteiger partial charge on any atom is 0.307 e.